The van der Waals surface area contributed by atoms with Crippen LogP contribution in [0.25, 0.3) is 0 Å². The Kier molecular flexibility index (Phi) is 4.21. The Balaban J connectivity index is 1.46. The average Bonchev–Trinajstić information content (AvgIpc) is 2.44. The monoisotopic (exact) mass is 272 g/mol. The van der Waals surface area contributed by atoms with Gasteiger partial charge in [0, 0.05) is 11.7 Å². The third-order valence-corrected chi connectivity index (χ3v) is 4.36. The highest BCUT2D eigenvalue weighted by molar-refractivity contribution is 5.92. The van der Waals surface area contributed by atoms with E-state index in [1.54, 1.807) is 0 Å². The summed E-state index contributed by atoms with van der Waals surface area (Å²) in [6.07, 6.45) is 6.46. The molecule has 1 heterocycles. The summed E-state index contributed by atoms with van der Waals surface area (Å²) in [5.41, 5.74) is 6.97. The number of para-hydroxylation sites is 1. The molecule has 4 nitrogen and oxygen atoms in total. The Morgan fingerprint density at radius 3 is 2.50 bits per heavy atom. The predicted octanol–water partition coefficient (Wildman–Crippen LogP) is 2.43. The molecule has 1 aliphatic carbocycles. The van der Waals surface area contributed by atoms with Crippen LogP contribution >= 0.6 is 0 Å². The summed E-state index contributed by atoms with van der Waals surface area (Å²) in [6.45, 7) is 2.55. The van der Waals surface area contributed by atoms with Crippen LogP contribution in [-0.4, -0.2) is 36.0 Å². The molecule has 108 valence electrons. The molecule has 2 fully saturated rings. The fourth-order valence-corrected chi connectivity index (χ4v) is 3.14. The lowest BCUT2D eigenvalue weighted by Gasteiger charge is -2.43. The molecule has 1 saturated heterocycles. The number of likely N-dealkylation sites (tertiary alicyclic amines) is 1. The zero-order chi connectivity index (χ0) is 13.8. The molecule has 20 heavy (non-hydrogen) atoms. The lowest BCUT2D eigenvalue weighted by molar-refractivity contribution is 0.0912. The predicted molar refractivity (Wildman–Crippen MR) is 83.9 cm³/mol. The molecule has 0 radical (unpaired) electrons. The fourth-order valence-electron chi connectivity index (χ4n) is 3.14. The summed E-state index contributed by atoms with van der Waals surface area (Å²) < 4.78 is 0. The highest BCUT2D eigenvalue weighted by Gasteiger charge is 2.33. The number of guanidine groups is 1. The number of hydrogen-bond donors (Lipinski definition) is 2. The summed E-state index contributed by atoms with van der Waals surface area (Å²) in [6, 6.07) is 11.1. The summed E-state index contributed by atoms with van der Waals surface area (Å²) >= 11 is 0. The molecule has 0 aromatic heterocycles. The second kappa shape index (κ2) is 6.27. The minimum Gasteiger partial charge on any atom is -0.370 e. The van der Waals surface area contributed by atoms with Gasteiger partial charge in [-0.15, -0.1) is 0 Å². The van der Waals surface area contributed by atoms with Gasteiger partial charge in [-0.2, -0.15) is 0 Å². The van der Waals surface area contributed by atoms with Gasteiger partial charge in [0.25, 0.3) is 0 Å². The second-order valence-corrected chi connectivity index (χ2v) is 5.88. The number of anilines is 1. The van der Waals surface area contributed by atoms with Crippen molar-refractivity contribution in [3.05, 3.63) is 30.3 Å². The fraction of sp³-hybridized carbons (Fsp3) is 0.562. The average molecular weight is 272 g/mol. The first-order valence-corrected chi connectivity index (χ1v) is 7.70. The Hall–Kier alpha value is -1.55. The third-order valence-electron chi connectivity index (χ3n) is 4.36. The zero-order valence-electron chi connectivity index (χ0n) is 12.0. The number of hydrogen-bond acceptors (Lipinski definition) is 2. The number of rotatable bonds is 3. The molecule has 4 heteroatoms. The van der Waals surface area contributed by atoms with E-state index < -0.39 is 0 Å². The maximum Gasteiger partial charge on any atom is 0.193 e. The van der Waals surface area contributed by atoms with Gasteiger partial charge in [-0.3, -0.25) is 0 Å². The number of aliphatic imine (C=N–C) groups is 1. The zero-order valence-corrected chi connectivity index (χ0v) is 12.0. The van der Waals surface area contributed by atoms with Crippen LogP contribution in [0, 0.1) is 0 Å². The van der Waals surface area contributed by atoms with Gasteiger partial charge in [-0.05, 0) is 50.9 Å². The van der Waals surface area contributed by atoms with Gasteiger partial charge >= 0.3 is 0 Å². The van der Waals surface area contributed by atoms with E-state index in [-0.39, 0.29) is 0 Å². The summed E-state index contributed by atoms with van der Waals surface area (Å²) in [5.74, 6) is 0.540. The summed E-state index contributed by atoms with van der Waals surface area (Å²) in [7, 11) is 0. The third kappa shape index (κ3) is 3.31. The van der Waals surface area contributed by atoms with Crippen LogP contribution in [0.2, 0.25) is 0 Å². The van der Waals surface area contributed by atoms with E-state index in [1.807, 2.05) is 30.3 Å². The van der Waals surface area contributed by atoms with Crippen molar-refractivity contribution in [2.45, 2.75) is 44.2 Å². The topological polar surface area (TPSA) is 53.6 Å². The molecule has 3 N–H and O–H groups in total. The smallest absolute Gasteiger partial charge is 0.193 e. The van der Waals surface area contributed by atoms with E-state index in [0.29, 0.717) is 12.0 Å². The molecule has 0 amide bonds. The van der Waals surface area contributed by atoms with E-state index in [1.165, 1.54) is 32.4 Å². The first-order chi connectivity index (χ1) is 9.81. The first kappa shape index (κ1) is 13.4. The van der Waals surface area contributed by atoms with Crippen molar-refractivity contribution >= 4 is 11.6 Å². The molecule has 2 aliphatic rings. The molecular weight excluding hydrogens is 248 g/mol. The molecule has 1 saturated carbocycles. The number of nitrogens with one attached hydrogen (secondary N) is 1. The van der Waals surface area contributed by atoms with Gasteiger partial charge < -0.3 is 16.0 Å². The van der Waals surface area contributed by atoms with Crippen molar-refractivity contribution in [1.82, 2.24) is 4.90 Å². The molecule has 1 aromatic carbocycles. The molecule has 1 aliphatic heterocycles. The van der Waals surface area contributed by atoms with E-state index in [4.69, 9.17) is 5.73 Å². The van der Waals surface area contributed by atoms with Crippen molar-refractivity contribution in [2.75, 3.05) is 18.4 Å². The van der Waals surface area contributed by atoms with Gasteiger partial charge in [0.2, 0.25) is 0 Å². The second-order valence-electron chi connectivity index (χ2n) is 5.88. The largest absolute Gasteiger partial charge is 0.370 e. The van der Waals surface area contributed by atoms with E-state index in [9.17, 15) is 0 Å². The molecule has 0 spiro atoms. The number of piperidine rings is 1. The minimum absolute atomic E-state index is 0.401. The standard InChI is InChI=1S/C16H24N4/c17-16(18-13-7-3-1-4-8-13)19-14-11-15(12-14)20-9-5-2-6-10-20/h1,3-4,7-8,14-15H,2,5-6,9-12H2,(H3,17,18,19). The Morgan fingerprint density at radius 2 is 1.80 bits per heavy atom. The van der Waals surface area contributed by atoms with Crippen LogP contribution in [0.5, 0.6) is 0 Å². The van der Waals surface area contributed by atoms with Gasteiger partial charge in [-0.1, -0.05) is 24.6 Å². The lowest BCUT2D eigenvalue weighted by atomic mass is 9.85. The Bertz CT molecular complexity index is 445. The lowest BCUT2D eigenvalue weighted by Crippen LogP contribution is -2.49. The molecule has 1 aromatic rings. The number of nitrogens with zero attached hydrogens (tertiary/aromatic N) is 2. The van der Waals surface area contributed by atoms with Crippen molar-refractivity contribution < 1.29 is 0 Å². The summed E-state index contributed by atoms with van der Waals surface area (Å²) in [5, 5.41) is 3.15. The quantitative estimate of drug-likeness (QED) is 0.656. The maximum absolute atomic E-state index is 5.97. The van der Waals surface area contributed by atoms with Crippen LogP contribution < -0.4 is 11.1 Å². The Labute approximate surface area is 121 Å². The van der Waals surface area contributed by atoms with Crippen LogP contribution in [0.3, 0.4) is 0 Å². The number of nitrogens with two attached hydrogens (primary N) is 1. The van der Waals surface area contributed by atoms with Crippen LogP contribution in [0.4, 0.5) is 5.69 Å². The molecule has 0 unspecified atom stereocenters. The normalized spacial score (nSPS) is 27.9. The van der Waals surface area contributed by atoms with Crippen LogP contribution in [-0.2, 0) is 0 Å². The van der Waals surface area contributed by atoms with Gasteiger partial charge in [0.15, 0.2) is 5.96 Å². The van der Waals surface area contributed by atoms with Crippen LogP contribution in [0.1, 0.15) is 32.1 Å². The SMILES string of the molecule is NC(=NC1CC(N2CCCCC2)C1)Nc1ccccc1. The highest BCUT2D eigenvalue weighted by Crippen LogP contribution is 2.30. The van der Waals surface area contributed by atoms with Crippen molar-refractivity contribution in [1.29, 1.82) is 0 Å². The molecule has 3 rings (SSSR count). The maximum atomic E-state index is 5.97. The molecular formula is C16H24N4. The van der Waals surface area contributed by atoms with Gasteiger partial charge in [-0.25, -0.2) is 4.99 Å². The highest BCUT2D eigenvalue weighted by atomic mass is 15.2. The molecule has 0 atom stereocenters. The number of benzene rings is 1. The minimum atomic E-state index is 0.401. The van der Waals surface area contributed by atoms with E-state index in [2.05, 4.69) is 15.2 Å². The van der Waals surface area contributed by atoms with Crippen molar-refractivity contribution in [3.8, 4) is 0 Å². The van der Waals surface area contributed by atoms with Crippen molar-refractivity contribution in [3.63, 3.8) is 0 Å². The van der Waals surface area contributed by atoms with E-state index in [0.717, 1.165) is 24.6 Å². The van der Waals surface area contributed by atoms with Crippen molar-refractivity contribution in [2.24, 2.45) is 10.7 Å². The summed E-state index contributed by atoms with van der Waals surface area (Å²) in [4.78, 5) is 7.21. The van der Waals surface area contributed by atoms with E-state index >= 15 is 0 Å². The first-order valence-electron chi connectivity index (χ1n) is 7.70. The van der Waals surface area contributed by atoms with Gasteiger partial charge in [0.1, 0.15) is 0 Å². The van der Waals surface area contributed by atoms with Gasteiger partial charge in [0.05, 0.1) is 6.04 Å². The Morgan fingerprint density at radius 1 is 1.10 bits per heavy atom. The van der Waals surface area contributed by atoms with Crippen LogP contribution in [0.15, 0.2) is 35.3 Å². The molecule has 0 bridgehead atoms.